The van der Waals surface area contributed by atoms with Gasteiger partial charge in [0.1, 0.15) is 6.04 Å². The second kappa shape index (κ2) is 3.86. The number of hydrogen-bond donors (Lipinski definition) is 1. The van der Waals surface area contributed by atoms with Crippen LogP contribution in [-0.4, -0.2) is 15.6 Å². The molecule has 3 heteroatoms. The largest absolute Gasteiger partial charge is 0.480 e. The SMILES string of the molecule is O=C(O)[C@@H](C1CCCC1)n1cccc1. The summed E-state index contributed by atoms with van der Waals surface area (Å²) in [5.41, 5.74) is 0. The molecule has 1 aromatic rings. The molecule has 0 bridgehead atoms. The van der Waals surface area contributed by atoms with Crippen molar-refractivity contribution in [2.24, 2.45) is 5.92 Å². The van der Waals surface area contributed by atoms with Crippen molar-refractivity contribution in [1.29, 1.82) is 0 Å². The molecule has 76 valence electrons. The smallest absolute Gasteiger partial charge is 0.326 e. The van der Waals surface area contributed by atoms with Crippen LogP contribution in [0.2, 0.25) is 0 Å². The fourth-order valence-corrected chi connectivity index (χ4v) is 2.38. The number of aromatic nitrogens is 1. The third kappa shape index (κ3) is 1.67. The minimum absolute atomic E-state index is 0.319. The molecule has 1 aromatic heterocycles. The Kier molecular flexibility index (Phi) is 2.57. The van der Waals surface area contributed by atoms with Gasteiger partial charge in [-0.25, -0.2) is 4.79 Å². The molecule has 0 spiro atoms. The number of hydrogen-bond acceptors (Lipinski definition) is 1. The average molecular weight is 193 g/mol. The summed E-state index contributed by atoms with van der Waals surface area (Å²) < 4.78 is 1.82. The van der Waals surface area contributed by atoms with Gasteiger partial charge in [-0.2, -0.15) is 0 Å². The molecule has 3 nitrogen and oxygen atoms in total. The molecule has 0 saturated heterocycles. The van der Waals surface area contributed by atoms with Crippen molar-refractivity contribution in [1.82, 2.24) is 4.57 Å². The first-order chi connectivity index (χ1) is 6.79. The topological polar surface area (TPSA) is 42.2 Å². The highest BCUT2D eigenvalue weighted by Gasteiger charge is 2.31. The van der Waals surface area contributed by atoms with E-state index in [-0.39, 0.29) is 6.04 Å². The Bertz CT molecular complexity index is 299. The van der Waals surface area contributed by atoms with Crippen LogP contribution in [0.25, 0.3) is 0 Å². The van der Waals surface area contributed by atoms with Gasteiger partial charge in [0.2, 0.25) is 0 Å². The second-order valence-corrected chi connectivity index (χ2v) is 3.96. The average Bonchev–Trinajstić information content (AvgIpc) is 2.75. The number of nitrogens with zero attached hydrogens (tertiary/aromatic N) is 1. The van der Waals surface area contributed by atoms with Crippen molar-refractivity contribution in [3.05, 3.63) is 24.5 Å². The lowest BCUT2D eigenvalue weighted by Gasteiger charge is -2.20. The molecule has 1 saturated carbocycles. The van der Waals surface area contributed by atoms with Crippen LogP contribution in [0.5, 0.6) is 0 Å². The lowest BCUT2D eigenvalue weighted by molar-refractivity contribution is -0.142. The molecule has 0 amide bonds. The number of rotatable bonds is 3. The van der Waals surface area contributed by atoms with Crippen LogP contribution in [0.3, 0.4) is 0 Å². The van der Waals surface area contributed by atoms with Crippen LogP contribution in [0.15, 0.2) is 24.5 Å². The minimum Gasteiger partial charge on any atom is -0.480 e. The van der Waals surface area contributed by atoms with Crippen LogP contribution in [0.4, 0.5) is 0 Å². The van der Waals surface area contributed by atoms with Crippen LogP contribution in [0.1, 0.15) is 31.7 Å². The third-order valence-corrected chi connectivity index (χ3v) is 3.05. The molecule has 0 aromatic carbocycles. The van der Waals surface area contributed by atoms with Gasteiger partial charge < -0.3 is 9.67 Å². The first-order valence-corrected chi connectivity index (χ1v) is 5.14. The Morgan fingerprint density at radius 1 is 1.29 bits per heavy atom. The van der Waals surface area contributed by atoms with Crippen LogP contribution in [-0.2, 0) is 4.79 Å². The van der Waals surface area contributed by atoms with E-state index < -0.39 is 5.97 Å². The van der Waals surface area contributed by atoms with Crippen LogP contribution in [0, 0.1) is 5.92 Å². The van der Waals surface area contributed by atoms with Gasteiger partial charge in [-0.15, -0.1) is 0 Å². The fraction of sp³-hybridized carbons (Fsp3) is 0.545. The molecule has 1 fully saturated rings. The zero-order valence-corrected chi connectivity index (χ0v) is 8.10. The Balaban J connectivity index is 2.19. The third-order valence-electron chi connectivity index (χ3n) is 3.05. The van der Waals surface area contributed by atoms with E-state index in [1.807, 2.05) is 29.1 Å². The van der Waals surface area contributed by atoms with Crippen molar-refractivity contribution in [2.75, 3.05) is 0 Å². The molecular formula is C11H15NO2. The van der Waals surface area contributed by atoms with Crippen molar-refractivity contribution in [3.63, 3.8) is 0 Å². The Morgan fingerprint density at radius 2 is 1.86 bits per heavy atom. The maximum absolute atomic E-state index is 11.2. The zero-order chi connectivity index (χ0) is 9.97. The highest BCUT2D eigenvalue weighted by molar-refractivity contribution is 5.72. The van der Waals surface area contributed by atoms with Crippen LogP contribution < -0.4 is 0 Å². The lowest BCUT2D eigenvalue weighted by atomic mass is 9.98. The van der Waals surface area contributed by atoms with Crippen molar-refractivity contribution in [2.45, 2.75) is 31.7 Å². The predicted octanol–water partition coefficient (Wildman–Crippen LogP) is 2.30. The van der Waals surface area contributed by atoms with E-state index in [1.165, 1.54) is 12.8 Å². The highest BCUT2D eigenvalue weighted by Crippen LogP contribution is 2.34. The van der Waals surface area contributed by atoms with E-state index in [4.69, 9.17) is 0 Å². The molecule has 0 aliphatic heterocycles. The quantitative estimate of drug-likeness (QED) is 0.800. The Labute approximate surface area is 83.4 Å². The molecule has 1 heterocycles. The summed E-state index contributed by atoms with van der Waals surface area (Å²) in [5.74, 6) is -0.381. The lowest BCUT2D eigenvalue weighted by Crippen LogP contribution is -2.24. The van der Waals surface area contributed by atoms with Crippen molar-refractivity contribution >= 4 is 5.97 Å². The summed E-state index contributed by atoms with van der Waals surface area (Å²) >= 11 is 0. The minimum atomic E-state index is -0.701. The van der Waals surface area contributed by atoms with E-state index in [0.29, 0.717) is 5.92 Å². The van der Waals surface area contributed by atoms with E-state index in [2.05, 4.69) is 0 Å². The van der Waals surface area contributed by atoms with Crippen LogP contribution >= 0.6 is 0 Å². The summed E-state index contributed by atoms with van der Waals surface area (Å²) in [6, 6.07) is 3.41. The molecule has 2 rings (SSSR count). The summed E-state index contributed by atoms with van der Waals surface area (Å²) in [6.45, 7) is 0. The summed E-state index contributed by atoms with van der Waals surface area (Å²) in [7, 11) is 0. The summed E-state index contributed by atoms with van der Waals surface area (Å²) in [5, 5.41) is 9.18. The van der Waals surface area contributed by atoms with E-state index >= 15 is 0 Å². The maximum Gasteiger partial charge on any atom is 0.326 e. The number of carboxylic acid groups (broad SMARTS) is 1. The van der Waals surface area contributed by atoms with Gasteiger partial charge in [0.25, 0.3) is 0 Å². The number of carboxylic acids is 1. The van der Waals surface area contributed by atoms with Gasteiger partial charge >= 0.3 is 5.97 Å². The Morgan fingerprint density at radius 3 is 2.36 bits per heavy atom. The van der Waals surface area contributed by atoms with E-state index in [0.717, 1.165) is 12.8 Å². The molecule has 1 N–H and O–H groups in total. The van der Waals surface area contributed by atoms with Gasteiger partial charge in [0, 0.05) is 12.4 Å². The van der Waals surface area contributed by atoms with Crippen molar-refractivity contribution < 1.29 is 9.90 Å². The molecule has 1 aliphatic carbocycles. The van der Waals surface area contributed by atoms with Gasteiger partial charge in [0.05, 0.1) is 0 Å². The first-order valence-electron chi connectivity index (χ1n) is 5.14. The van der Waals surface area contributed by atoms with Gasteiger partial charge in [-0.1, -0.05) is 12.8 Å². The van der Waals surface area contributed by atoms with E-state index in [1.54, 1.807) is 0 Å². The number of aliphatic carboxylic acids is 1. The monoisotopic (exact) mass is 193 g/mol. The normalized spacial score (nSPS) is 19.7. The second-order valence-electron chi connectivity index (χ2n) is 3.96. The zero-order valence-electron chi connectivity index (χ0n) is 8.10. The molecule has 0 unspecified atom stereocenters. The molecule has 14 heavy (non-hydrogen) atoms. The molecule has 1 aliphatic rings. The summed E-state index contributed by atoms with van der Waals surface area (Å²) in [4.78, 5) is 11.2. The predicted molar refractivity (Wildman–Crippen MR) is 53.1 cm³/mol. The van der Waals surface area contributed by atoms with Crippen molar-refractivity contribution in [3.8, 4) is 0 Å². The molecular weight excluding hydrogens is 178 g/mol. The summed E-state index contributed by atoms with van der Waals surface area (Å²) in [6.07, 6.45) is 8.14. The maximum atomic E-state index is 11.2. The van der Waals surface area contributed by atoms with Gasteiger partial charge in [-0.05, 0) is 30.9 Å². The molecule has 1 atom stereocenters. The standard InChI is InChI=1S/C11H15NO2/c13-11(14)10(9-5-1-2-6-9)12-7-3-4-8-12/h3-4,7-10H,1-2,5-6H2,(H,13,14)/t10-/m1/s1. The molecule has 0 radical (unpaired) electrons. The Hall–Kier alpha value is -1.25. The first kappa shape index (κ1) is 9.31. The van der Waals surface area contributed by atoms with Gasteiger partial charge in [-0.3, -0.25) is 0 Å². The van der Waals surface area contributed by atoms with Gasteiger partial charge in [0.15, 0.2) is 0 Å². The van der Waals surface area contributed by atoms with E-state index in [9.17, 15) is 9.90 Å². The number of carbonyl (C=O) groups is 1. The highest BCUT2D eigenvalue weighted by atomic mass is 16.4. The fourth-order valence-electron chi connectivity index (χ4n) is 2.38.